The highest BCUT2D eigenvalue weighted by Gasteiger charge is 2.15. The summed E-state index contributed by atoms with van der Waals surface area (Å²) in [5, 5.41) is 5.59. The van der Waals surface area contributed by atoms with Gasteiger partial charge in [0.2, 0.25) is 0 Å². The van der Waals surface area contributed by atoms with Gasteiger partial charge in [-0.3, -0.25) is 9.59 Å². The van der Waals surface area contributed by atoms with Crippen LogP contribution in [-0.2, 0) is 4.79 Å². The Kier molecular flexibility index (Phi) is 7.24. The number of carbonyl (C=O) groups is 2. The number of halogens is 1. The first-order valence-electron chi connectivity index (χ1n) is 9.35. The molecular formula is C24H22IN3O2. The standard InChI is InChI=1S/C24H22IN3O2/c1-28(2)21-14-8-17(9-15-21)16-22(27-23(29)18-6-4-3-5-7-18)24(30)26-20-12-10-19(25)11-13-20/h3-16H,1-2H3,(H,26,30)(H,27,29). The van der Waals surface area contributed by atoms with E-state index in [0.29, 0.717) is 11.3 Å². The molecule has 3 rings (SSSR count). The fraction of sp³-hybridized carbons (Fsp3) is 0.0833. The van der Waals surface area contributed by atoms with E-state index in [1.807, 2.05) is 73.6 Å². The van der Waals surface area contributed by atoms with Gasteiger partial charge in [0.05, 0.1) is 0 Å². The van der Waals surface area contributed by atoms with Crippen LogP contribution in [-0.4, -0.2) is 25.9 Å². The fourth-order valence-corrected chi connectivity index (χ4v) is 3.07. The monoisotopic (exact) mass is 511 g/mol. The summed E-state index contributed by atoms with van der Waals surface area (Å²) in [6, 6.07) is 24.0. The average Bonchev–Trinajstić information content (AvgIpc) is 2.75. The Labute approximate surface area is 189 Å². The van der Waals surface area contributed by atoms with E-state index in [1.165, 1.54) is 0 Å². The molecule has 0 heterocycles. The summed E-state index contributed by atoms with van der Waals surface area (Å²) in [7, 11) is 3.93. The van der Waals surface area contributed by atoms with E-state index < -0.39 is 5.91 Å². The molecule has 0 aliphatic heterocycles. The van der Waals surface area contributed by atoms with Crippen LogP contribution in [0.1, 0.15) is 15.9 Å². The molecule has 0 bridgehead atoms. The molecule has 0 fully saturated rings. The molecule has 2 amide bonds. The topological polar surface area (TPSA) is 61.4 Å². The Balaban J connectivity index is 1.87. The largest absolute Gasteiger partial charge is 0.378 e. The van der Waals surface area contributed by atoms with Crippen molar-refractivity contribution in [3.63, 3.8) is 0 Å². The van der Waals surface area contributed by atoms with Gasteiger partial charge in [0.25, 0.3) is 11.8 Å². The Morgan fingerprint density at radius 2 is 1.50 bits per heavy atom. The van der Waals surface area contributed by atoms with Gasteiger partial charge in [-0.15, -0.1) is 0 Å². The summed E-state index contributed by atoms with van der Waals surface area (Å²) in [4.78, 5) is 27.6. The van der Waals surface area contributed by atoms with Gasteiger partial charge >= 0.3 is 0 Å². The number of nitrogens with zero attached hydrogens (tertiary/aromatic N) is 1. The molecule has 6 heteroatoms. The van der Waals surface area contributed by atoms with Crippen LogP contribution in [0, 0.1) is 3.57 Å². The van der Waals surface area contributed by atoms with Crippen molar-refractivity contribution >= 4 is 51.9 Å². The minimum Gasteiger partial charge on any atom is -0.378 e. The van der Waals surface area contributed by atoms with E-state index >= 15 is 0 Å². The second-order valence-electron chi connectivity index (χ2n) is 6.83. The third-order valence-electron chi connectivity index (χ3n) is 4.35. The number of rotatable bonds is 6. The first kappa shape index (κ1) is 21.6. The summed E-state index contributed by atoms with van der Waals surface area (Å²) < 4.78 is 1.07. The summed E-state index contributed by atoms with van der Waals surface area (Å²) >= 11 is 2.20. The van der Waals surface area contributed by atoms with Gasteiger partial charge in [-0.05, 0) is 82.8 Å². The predicted molar refractivity (Wildman–Crippen MR) is 130 cm³/mol. The number of amides is 2. The molecule has 152 valence electrons. The number of hydrogen-bond acceptors (Lipinski definition) is 3. The van der Waals surface area contributed by atoms with Crippen LogP contribution in [0.2, 0.25) is 0 Å². The van der Waals surface area contributed by atoms with E-state index in [4.69, 9.17) is 0 Å². The highest BCUT2D eigenvalue weighted by Crippen LogP contribution is 2.16. The van der Waals surface area contributed by atoms with Crippen molar-refractivity contribution in [2.75, 3.05) is 24.3 Å². The van der Waals surface area contributed by atoms with Gasteiger partial charge in [0, 0.05) is 34.6 Å². The van der Waals surface area contributed by atoms with Crippen LogP contribution < -0.4 is 15.5 Å². The zero-order chi connectivity index (χ0) is 21.5. The van der Waals surface area contributed by atoms with Gasteiger partial charge in [-0.1, -0.05) is 30.3 Å². The number of anilines is 2. The van der Waals surface area contributed by atoms with Gasteiger partial charge < -0.3 is 15.5 Å². The number of hydrogen-bond donors (Lipinski definition) is 2. The van der Waals surface area contributed by atoms with Gasteiger partial charge in [-0.2, -0.15) is 0 Å². The molecule has 0 spiro atoms. The van der Waals surface area contributed by atoms with Crippen LogP contribution >= 0.6 is 22.6 Å². The first-order valence-corrected chi connectivity index (χ1v) is 10.4. The number of nitrogens with one attached hydrogen (secondary N) is 2. The van der Waals surface area contributed by atoms with Crippen molar-refractivity contribution in [1.82, 2.24) is 5.32 Å². The van der Waals surface area contributed by atoms with Crippen molar-refractivity contribution in [2.24, 2.45) is 0 Å². The van der Waals surface area contributed by atoms with Crippen LogP contribution in [0.25, 0.3) is 6.08 Å². The first-order chi connectivity index (χ1) is 14.4. The number of carbonyl (C=O) groups excluding carboxylic acids is 2. The highest BCUT2D eigenvalue weighted by molar-refractivity contribution is 14.1. The van der Waals surface area contributed by atoms with Crippen LogP contribution in [0.4, 0.5) is 11.4 Å². The molecule has 0 atom stereocenters. The lowest BCUT2D eigenvalue weighted by Crippen LogP contribution is -2.30. The van der Waals surface area contributed by atoms with Crippen molar-refractivity contribution in [3.8, 4) is 0 Å². The van der Waals surface area contributed by atoms with Gasteiger partial charge in [0.15, 0.2) is 0 Å². The van der Waals surface area contributed by atoms with E-state index in [-0.39, 0.29) is 11.6 Å². The third kappa shape index (κ3) is 5.93. The minimum absolute atomic E-state index is 0.167. The lowest BCUT2D eigenvalue weighted by molar-refractivity contribution is -0.113. The minimum atomic E-state index is -0.392. The van der Waals surface area contributed by atoms with Crippen molar-refractivity contribution in [3.05, 3.63) is 99.3 Å². The van der Waals surface area contributed by atoms with Crippen LogP contribution in [0.15, 0.2) is 84.6 Å². The molecule has 0 unspecified atom stereocenters. The van der Waals surface area contributed by atoms with Crippen molar-refractivity contribution in [1.29, 1.82) is 0 Å². The van der Waals surface area contributed by atoms with E-state index in [0.717, 1.165) is 14.8 Å². The smallest absolute Gasteiger partial charge is 0.272 e. The maximum Gasteiger partial charge on any atom is 0.272 e. The molecule has 0 saturated carbocycles. The summed E-state index contributed by atoms with van der Waals surface area (Å²) in [6.45, 7) is 0. The summed E-state index contributed by atoms with van der Waals surface area (Å²) in [5.74, 6) is -0.735. The molecule has 5 nitrogen and oxygen atoms in total. The molecule has 3 aromatic rings. The molecule has 0 aromatic heterocycles. The second kappa shape index (κ2) is 10.1. The van der Waals surface area contributed by atoms with Crippen LogP contribution in [0.5, 0.6) is 0 Å². The Morgan fingerprint density at radius 1 is 0.867 bits per heavy atom. The second-order valence-corrected chi connectivity index (χ2v) is 8.07. The maximum absolute atomic E-state index is 12.9. The zero-order valence-corrected chi connectivity index (χ0v) is 18.9. The molecular weight excluding hydrogens is 489 g/mol. The van der Waals surface area contributed by atoms with Crippen LogP contribution in [0.3, 0.4) is 0 Å². The molecule has 0 aliphatic carbocycles. The highest BCUT2D eigenvalue weighted by atomic mass is 127. The average molecular weight is 511 g/mol. The van der Waals surface area contributed by atoms with E-state index in [2.05, 4.69) is 33.2 Å². The van der Waals surface area contributed by atoms with Crippen molar-refractivity contribution < 1.29 is 9.59 Å². The molecule has 2 N–H and O–H groups in total. The number of benzene rings is 3. The molecule has 3 aromatic carbocycles. The Morgan fingerprint density at radius 3 is 2.10 bits per heavy atom. The van der Waals surface area contributed by atoms with E-state index in [9.17, 15) is 9.59 Å². The SMILES string of the molecule is CN(C)c1ccc(C=C(NC(=O)c2ccccc2)C(=O)Nc2ccc(I)cc2)cc1. The lowest BCUT2D eigenvalue weighted by atomic mass is 10.1. The predicted octanol–water partition coefficient (Wildman–Crippen LogP) is 4.77. The summed E-state index contributed by atoms with van der Waals surface area (Å²) in [5.41, 5.74) is 3.16. The Hall–Kier alpha value is -3.13. The zero-order valence-electron chi connectivity index (χ0n) is 16.7. The molecule has 30 heavy (non-hydrogen) atoms. The van der Waals surface area contributed by atoms with Gasteiger partial charge in [0.1, 0.15) is 5.70 Å². The van der Waals surface area contributed by atoms with E-state index in [1.54, 1.807) is 30.3 Å². The quantitative estimate of drug-likeness (QED) is 0.371. The Bertz CT molecular complexity index is 1040. The van der Waals surface area contributed by atoms with Gasteiger partial charge in [-0.25, -0.2) is 0 Å². The normalized spacial score (nSPS) is 11.0. The lowest BCUT2D eigenvalue weighted by Gasteiger charge is -2.13. The summed E-state index contributed by atoms with van der Waals surface area (Å²) in [6.07, 6.45) is 1.67. The van der Waals surface area contributed by atoms with Crippen molar-refractivity contribution in [2.45, 2.75) is 0 Å². The molecule has 0 radical (unpaired) electrons. The fourth-order valence-electron chi connectivity index (χ4n) is 2.71. The molecule has 0 saturated heterocycles. The molecule has 0 aliphatic rings. The third-order valence-corrected chi connectivity index (χ3v) is 5.07. The maximum atomic E-state index is 12.9.